The molecule has 1 fully saturated rings. The lowest BCUT2D eigenvalue weighted by atomic mass is 9.99. The van der Waals surface area contributed by atoms with Crippen LogP contribution in [0.25, 0.3) is 22.4 Å². The molecule has 1 amide bonds. The zero-order valence-electron chi connectivity index (χ0n) is 24.2. The summed E-state index contributed by atoms with van der Waals surface area (Å²) >= 11 is 0. The van der Waals surface area contributed by atoms with Crippen molar-refractivity contribution in [2.45, 2.75) is 35.6 Å². The minimum absolute atomic E-state index is 0.136. The van der Waals surface area contributed by atoms with Gasteiger partial charge in [0.2, 0.25) is 9.84 Å². The number of para-hydroxylation sites is 1. The highest BCUT2D eigenvalue weighted by Crippen LogP contribution is 2.43. The summed E-state index contributed by atoms with van der Waals surface area (Å²) < 4.78 is 29.5. The highest BCUT2D eigenvalue weighted by atomic mass is 32.2. The van der Waals surface area contributed by atoms with Crippen LogP contribution >= 0.6 is 0 Å². The van der Waals surface area contributed by atoms with Crippen LogP contribution in [0.5, 0.6) is 5.75 Å². The van der Waals surface area contributed by atoms with E-state index in [1.807, 2.05) is 43.3 Å². The first-order valence-electron chi connectivity index (χ1n) is 14.2. The molecule has 0 bridgehead atoms. The molecule has 3 aromatic carbocycles. The maximum absolute atomic E-state index is 14.0. The Morgan fingerprint density at radius 1 is 1.02 bits per heavy atom. The molecule has 11 heteroatoms. The predicted octanol–water partition coefficient (Wildman–Crippen LogP) is 5.03. The van der Waals surface area contributed by atoms with E-state index in [9.17, 15) is 23.1 Å². The number of hydrogen-bond acceptors (Lipinski definition) is 7. The Bertz CT molecular complexity index is 2010. The second-order valence-electron chi connectivity index (χ2n) is 10.7. The van der Waals surface area contributed by atoms with E-state index in [-0.39, 0.29) is 28.2 Å². The number of pyridine rings is 1. The molecular weight excluding hydrogens is 578 g/mol. The third-order valence-corrected chi connectivity index (χ3v) is 9.41. The number of carbonyl (C=O) groups is 1. The molecule has 1 aliphatic carbocycles. The molecule has 2 aromatic heterocycles. The normalized spacial score (nSPS) is 13.0. The van der Waals surface area contributed by atoms with Crippen LogP contribution in [0.2, 0.25) is 0 Å². The first-order valence-corrected chi connectivity index (χ1v) is 15.7. The number of carbonyl (C=O) groups excluding carboxylic acids is 1. The van der Waals surface area contributed by atoms with Crippen LogP contribution in [0.1, 0.15) is 30.1 Å². The lowest BCUT2D eigenvalue weighted by Gasteiger charge is -2.27. The number of aromatic nitrogens is 3. The van der Waals surface area contributed by atoms with Crippen molar-refractivity contribution in [1.29, 1.82) is 0 Å². The first kappa shape index (κ1) is 28.9. The van der Waals surface area contributed by atoms with E-state index >= 15 is 0 Å². The first-order chi connectivity index (χ1) is 21.2. The number of aromatic amines is 1. The van der Waals surface area contributed by atoms with Crippen molar-refractivity contribution in [3.05, 3.63) is 107 Å². The molecule has 0 spiro atoms. The van der Waals surface area contributed by atoms with Crippen LogP contribution in [0.3, 0.4) is 0 Å². The van der Waals surface area contributed by atoms with Crippen molar-refractivity contribution in [3.63, 3.8) is 0 Å². The standard InChI is InChI=1S/C33H31N5O5S/c1-3-38(24-9-5-4-6-10-24)29-28(22-19-34-37(2)20-22)36-33(41)31(30(29)39)44(42,43)25-17-13-21(14-18-25)26-11-7-8-12-27(26)32(40)35-23-15-16-23/h4-14,17-20,23H,3,15-16H2,1-2H3,(H,35,40)(H2,36,39,41). The van der Waals surface area contributed by atoms with Crippen LogP contribution in [0.4, 0.5) is 11.4 Å². The van der Waals surface area contributed by atoms with Crippen molar-refractivity contribution in [3.8, 4) is 28.1 Å². The van der Waals surface area contributed by atoms with Gasteiger partial charge in [0.25, 0.3) is 11.5 Å². The van der Waals surface area contributed by atoms with E-state index in [4.69, 9.17) is 0 Å². The highest BCUT2D eigenvalue weighted by molar-refractivity contribution is 7.91. The zero-order valence-corrected chi connectivity index (χ0v) is 25.0. The van der Waals surface area contributed by atoms with E-state index in [0.717, 1.165) is 12.8 Å². The van der Waals surface area contributed by atoms with Gasteiger partial charge in [0.15, 0.2) is 10.6 Å². The molecule has 0 unspecified atom stereocenters. The fourth-order valence-electron chi connectivity index (χ4n) is 5.27. The lowest BCUT2D eigenvalue weighted by molar-refractivity contribution is 0.0951. The maximum Gasteiger partial charge on any atom is 0.271 e. The van der Waals surface area contributed by atoms with E-state index in [1.165, 1.54) is 18.3 Å². The quantitative estimate of drug-likeness (QED) is 0.213. The van der Waals surface area contributed by atoms with E-state index in [2.05, 4.69) is 15.4 Å². The van der Waals surface area contributed by atoms with Gasteiger partial charge in [-0.05, 0) is 61.2 Å². The van der Waals surface area contributed by atoms with Gasteiger partial charge in [-0.25, -0.2) is 8.42 Å². The molecule has 44 heavy (non-hydrogen) atoms. The topological polar surface area (TPSA) is 137 Å². The van der Waals surface area contributed by atoms with Crippen molar-refractivity contribution in [1.82, 2.24) is 20.1 Å². The molecule has 0 atom stereocenters. The number of amides is 1. The summed E-state index contributed by atoms with van der Waals surface area (Å²) in [7, 11) is -2.78. The number of H-pyrrole nitrogens is 1. The molecule has 1 aliphatic rings. The van der Waals surface area contributed by atoms with Gasteiger partial charge < -0.3 is 20.3 Å². The summed E-state index contributed by atoms with van der Waals surface area (Å²) in [6.45, 7) is 2.22. The van der Waals surface area contributed by atoms with E-state index < -0.39 is 26.0 Å². The average Bonchev–Trinajstić information content (AvgIpc) is 3.74. The van der Waals surface area contributed by atoms with Crippen molar-refractivity contribution < 1.29 is 18.3 Å². The molecule has 0 aliphatic heterocycles. The van der Waals surface area contributed by atoms with Gasteiger partial charge in [0.1, 0.15) is 5.69 Å². The van der Waals surface area contributed by atoms with Gasteiger partial charge in [-0.2, -0.15) is 5.10 Å². The minimum atomic E-state index is -4.49. The number of hydrogen-bond donors (Lipinski definition) is 3. The lowest BCUT2D eigenvalue weighted by Crippen LogP contribution is -2.25. The Balaban J connectivity index is 1.45. The van der Waals surface area contributed by atoms with Crippen LogP contribution in [0.15, 0.2) is 106 Å². The van der Waals surface area contributed by atoms with Gasteiger partial charge in [0.05, 0.1) is 16.8 Å². The van der Waals surface area contributed by atoms with Crippen LogP contribution in [-0.4, -0.2) is 46.8 Å². The molecule has 1 saturated carbocycles. The second kappa shape index (κ2) is 11.5. The second-order valence-corrected chi connectivity index (χ2v) is 12.5. The summed E-state index contributed by atoms with van der Waals surface area (Å²) in [5, 5.41) is 18.8. The van der Waals surface area contributed by atoms with Crippen molar-refractivity contribution in [2.75, 3.05) is 11.4 Å². The Labute approximate surface area is 254 Å². The summed E-state index contributed by atoms with van der Waals surface area (Å²) in [6, 6.07) is 22.4. The molecule has 5 aromatic rings. The van der Waals surface area contributed by atoms with Crippen LogP contribution in [0, 0.1) is 0 Å². The zero-order chi connectivity index (χ0) is 31.0. The van der Waals surface area contributed by atoms with Gasteiger partial charge in [-0.15, -0.1) is 0 Å². The summed E-state index contributed by atoms with van der Waals surface area (Å²) in [5.74, 6) is -0.846. The summed E-state index contributed by atoms with van der Waals surface area (Å²) in [4.78, 5) is 29.8. The highest BCUT2D eigenvalue weighted by Gasteiger charge is 2.32. The smallest absolute Gasteiger partial charge is 0.271 e. The van der Waals surface area contributed by atoms with Gasteiger partial charge in [-0.3, -0.25) is 14.3 Å². The fraction of sp³-hybridized carbons (Fsp3) is 0.182. The average molecular weight is 610 g/mol. The molecule has 0 radical (unpaired) electrons. The predicted molar refractivity (Wildman–Crippen MR) is 168 cm³/mol. The van der Waals surface area contributed by atoms with Crippen LogP contribution in [-0.2, 0) is 16.9 Å². The molecule has 6 rings (SSSR count). The Hall–Kier alpha value is -5.16. The number of nitrogens with zero attached hydrogens (tertiary/aromatic N) is 3. The summed E-state index contributed by atoms with van der Waals surface area (Å²) in [5.41, 5.74) is 2.39. The molecular formula is C33H31N5O5S. The molecule has 0 saturated heterocycles. The number of aromatic hydroxyl groups is 1. The Morgan fingerprint density at radius 2 is 1.70 bits per heavy atom. The number of sulfone groups is 1. The third kappa shape index (κ3) is 5.37. The minimum Gasteiger partial charge on any atom is -0.504 e. The third-order valence-electron chi connectivity index (χ3n) is 7.60. The van der Waals surface area contributed by atoms with E-state index in [1.54, 1.807) is 53.2 Å². The van der Waals surface area contributed by atoms with Gasteiger partial charge in [0, 0.05) is 42.6 Å². The maximum atomic E-state index is 14.0. The Morgan fingerprint density at radius 3 is 2.34 bits per heavy atom. The number of benzene rings is 3. The molecule has 3 N–H and O–H groups in total. The summed E-state index contributed by atoms with van der Waals surface area (Å²) in [6.07, 6.45) is 5.11. The van der Waals surface area contributed by atoms with Crippen molar-refractivity contribution in [2.24, 2.45) is 7.05 Å². The Kier molecular flexibility index (Phi) is 7.56. The number of nitrogens with one attached hydrogen (secondary N) is 2. The van der Waals surface area contributed by atoms with Crippen molar-refractivity contribution >= 4 is 27.1 Å². The number of anilines is 2. The molecule has 10 nitrogen and oxygen atoms in total. The molecule has 2 heterocycles. The van der Waals surface area contributed by atoms with Gasteiger partial charge in [-0.1, -0.05) is 48.5 Å². The largest absolute Gasteiger partial charge is 0.504 e. The van der Waals surface area contributed by atoms with E-state index in [0.29, 0.717) is 34.5 Å². The van der Waals surface area contributed by atoms with Crippen LogP contribution < -0.4 is 15.8 Å². The molecule has 224 valence electrons. The SMILES string of the molecule is CCN(c1ccccc1)c1c(-c2cnn(C)c2)[nH]c(=O)c(S(=O)(=O)c2ccc(-c3ccccc3C(=O)NC3CC3)cc2)c1O. The fourth-order valence-corrected chi connectivity index (χ4v) is 6.64. The number of rotatable bonds is 9. The monoisotopic (exact) mass is 609 g/mol. The van der Waals surface area contributed by atoms with Gasteiger partial charge >= 0.3 is 0 Å². The number of aryl methyl sites for hydroxylation is 1.